The van der Waals surface area contributed by atoms with E-state index in [9.17, 15) is 0 Å². The van der Waals surface area contributed by atoms with Crippen molar-refractivity contribution in [3.05, 3.63) is 0 Å². The highest BCUT2D eigenvalue weighted by molar-refractivity contribution is 7.80. The van der Waals surface area contributed by atoms with E-state index in [2.05, 4.69) is 0 Å². The number of hydrogen-bond donors (Lipinski definition) is 1. The van der Waals surface area contributed by atoms with Crippen LogP contribution in [-0.4, -0.2) is 16.7 Å². The van der Waals surface area contributed by atoms with Crippen molar-refractivity contribution in [2.24, 2.45) is 5.73 Å². The molecule has 0 aliphatic carbocycles. The standard InChI is InChI=1S/C7H15NOS/c1-5(2)9-7(3,4)6(8)10/h5H,1-4H3,(H2,8,10). The van der Waals surface area contributed by atoms with Crippen LogP contribution in [0.1, 0.15) is 27.7 Å². The van der Waals surface area contributed by atoms with Crippen LogP contribution >= 0.6 is 12.2 Å². The molecule has 0 aliphatic heterocycles. The Morgan fingerprint density at radius 3 is 2.00 bits per heavy atom. The van der Waals surface area contributed by atoms with Gasteiger partial charge < -0.3 is 10.5 Å². The predicted octanol–water partition coefficient (Wildman–Crippen LogP) is 1.48. The van der Waals surface area contributed by atoms with Crippen molar-refractivity contribution in [3.8, 4) is 0 Å². The van der Waals surface area contributed by atoms with Gasteiger partial charge in [0.15, 0.2) is 0 Å². The quantitative estimate of drug-likeness (QED) is 0.637. The molecule has 0 saturated carbocycles. The molecule has 10 heavy (non-hydrogen) atoms. The third-order valence-electron chi connectivity index (χ3n) is 1.12. The highest BCUT2D eigenvalue weighted by Gasteiger charge is 2.22. The predicted molar refractivity (Wildman–Crippen MR) is 47.1 cm³/mol. The van der Waals surface area contributed by atoms with Gasteiger partial charge in [-0.2, -0.15) is 0 Å². The van der Waals surface area contributed by atoms with Crippen LogP contribution in [0.15, 0.2) is 0 Å². The first kappa shape index (κ1) is 9.85. The van der Waals surface area contributed by atoms with E-state index >= 15 is 0 Å². The van der Waals surface area contributed by atoms with E-state index in [1.165, 1.54) is 0 Å². The molecule has 3 heteroatoms. The monoisotopic (exact) mass is 161 g/mol. The van der Waals surface area contributed by atoms with Crippen LogP contribution in [0.2, 0.25) is 0 Å². The first-order chi connectivity index (χ1) is 4.36. The van der Waals surface area contributed by atoms with Gasteiger partial charge in [0.25, 0.3) is 0 Å². The van der Waals surface area contributed by atoms with Crippen molar-refractivity contribution in [2.45, 2.75) is 39.4 Å². The Labute approximate surface area is 67.7 Å². The first-order valence-electron chi connectivity index (χ1n) is 3.34. The van der Waals surface area contributed by atoms with E-state index < -0.39 is 5.60 Å². The molecule has 60 valence electrons. The Bertz CT molecular complexity index is 132. The Kier molecular flexibility index (Phi) is 3.25. The summed E-state index contributed by atoms with van der Waals surface area (Å²) in [4.78, 5) is 0.404. The van der Waals surface area contributed by atoms with Crippen molar-refractivity contribution in [3.63, 3.8) is 0 Å². The Balaban J connectivity index is 4.00. The second-order valence-electron chi connectivity index (χ2n) is 3.04. The van der Waals surface area contributed by atoms with E-state index in [-0.39, 0.29) is 6.10 Å². The van der Waals surface area contributed by atoms with Crippen molar-refractivity contribution < 1.29 is 4.74 Å². The lowest BCUT2D eigenvalue weighted by molar-refractivity contribution is -0.00842. The molecule has 2 nitrogen and oxygen atoms in total. The number of thiocarbonyl (C=S) groups is 1. The largest absolute Gasteiger partial charge is 0.391 e. The minimum absolute atomic E-state index is 0.163. The molecule has 0 aromatic heterocycles. The maximum atomic E-state index is 5.43. The van der Waals surface area contributed by atoms with Crippen molar-refractivity contribution in [1.82, 2.24) is 0 Å². The molecule has 0 aromatic rings. The molecule has 2 N–H and O–H groups in total. The van der Waals surface area contributed by atoms with Gasteiger partial charge in [0.05, 0.1) is 6.10 Å². The van der Waals surface area contributed by atoms with E-state index in [4.69, 9.17) is 22.7 Å². The van der Waals surface area contributed by atoms with Gasteiger partial charge in [0.2, 0.25) is 0 Å². The van der Waals surface area contributed by atoms with Crippen molar-refractivity contribution in [2.75, 3.05) is 0 Å². The number of rotatable bonds is 3. The lowest BCUT2D eigenvalue weighted by Crippen LogP contribution is -2.41. The van der Waals surface area contributed by atoms with Crippen molar-refractivity contribution >= 4 is 17.2 Å². The molecule has 0 amide bonds. The molecule has 0 radical (unpaired) electrons. The summed E-state index contributed by atoms with van der Waals surface area (Å²) in [6, 6.07) is 0. The Morgan fingerprint density at radius 2 is 1.90 bits per heavy atom. The van der Waals surface area contributed by atoms with Crippen LogP contribution < -0.4 is 5.73 Å². The van der Waals surface area contributed by atoms with Crippen LogP contribution in [0, 0.1) is 0 Å². The van der Waals surface area contributed by atoms with Gasteiger partial charge in [-0.25, -0.2) is 0 Å². The molecule has 0 atom stereocenters. The van der Waals surface area contributed by atoms with Gasteiger partial charge in [0.1, 0.15) is 10.6 Å². The number of nitrogens with two attached hydrogens (primary N) is 1. The van der Waals surface area contributed by atoms with Crippen LogP contribution in [0.25, 0.3) is 0 Å². The van der Waals surface area contributed by atoms with Crippen LogP contribution in [-0.2, 0) is 4.74 Å². The molecule has 0 unspecified atom stereocenters. The minimum Gasteiger partial charge on any atom is -0.391 e. The lowest BCUT2D eigenvalue weighted by Gasteiger charge is -2.26. The molecule has 0 aliphatic rings. The summed E-state index contributed by atoms with van der Waals surface area (Å²) >= 11 is 4.80. The minimum atomic E-state index is -0.469. The Morgan fingerprint density at radius 1 is 1.50 bits per heavy atom. The van der Waals surface area contributed by atoms with E-state index in [1.807, 2.05) is 27.7 Å². The molecular formula is C7H15NOS. The van der Waals surface area contributed by atoms with Gasteiger partial charge in [-0.1, -0.05) is 12.2 Å². The van der Waals surface area contributed by atoms with Crippen LogP contribution in [0.5, 0.6) is 0 Å². The van der Waals surface area contributed by atoms with Gasteiger partial charge in [-0.3, -0.25) is 0 Å². The summed E-state index contributed by atoms with van der Waals surface area (Å²) in [5, 5.41) is 0. The van der Waals surface area contributed by atoms with Crippen LogP contribution in [0.4, 0.5) is 0 Å². The average Bonchev–Trinajstić information content (AvgIpc) is 1.60. The zero-order chi connectivity index (χ0) is 8.36. The molecule has 0 bridgehead atoms. The fraction of sp³-hybridized carbons (Fsp3) is 0.857. The summed E-state index contributed by atoms with van der Waals surface area (Å²) < 4.78 is 5.43. The summed E-state index contributed by atoms with van der Waals surface area (Å²) in [5.41, 5.74) is 4.96. The molecule has 0 aromatic carbocycles. The summed E-state index contributed by atoms with van der Waals surface area (Å²) in [7, 11) is 0. The average molecular weight is 161 g/mol. The zero-order valence-electron chi connectivity index (χ0n) is 6.97. The normalized spacial score (nSPS) is 12.1. The maximum Gasteiger partial charge on any atom is 0.112 e. The topological polar surface area (TPSA) is 35.2 Å². The van der Waals surface area contributed by atoms with Crippen LogP contribution in [0.3, 0.4) is 0 Å². The number of ether oxygens (including phenoxy) is 1. The number of hydrogen-bond acceptors (Lipinski definition) is 2. The van der Waals surface area contributed by atoms with Crippen molar-refractivity contribution in [1.29, 1.82) is 0 Å². The maximum absolute atomic E-state index is 5.43. The summed E-state index contributed by atoms with van der Waals surface area (Å²) in [6.07, 6.45) is 0.163. The third kappa shape index (κ3) is 3.13. The molecule has 0 heterocycles. The molecule has 0 saturated heterocycles. The summed E-state index contributed by atoms with van der Waals surface area (Å²) in [6.45, 7) is 7.66. The second-order valence-corrected chi connectivity index (χ2v) is 3.48. The fourth-order valence-electron chi connectivity index (χ4n) is 0.647. The second kappa shape index (κ2) is 3.30. The van der Waals surface area contributed by atoms with E-state index in [0.717, 1.165) is 0 Å². The highest BCUT2D eigenvalue weighted by Crippen LogP contribution is 2.11. The van der Waals surface area contributed by atoms with Gasteiger partial charge in [0, 0.05) is 0 Å². The molecular weight excluding hydrogens is 146 g/mol. The summed E-state index contributed by atoms with van der Waals surface area (Å²) in [5.74, 6) is 0. The van der Waals surface area contributed by atoms with Gasteiger partial charge in [-0.05, 0) is 27.7 Å². The SMILES string of the molecule is CC(C)OC(C)(C)C(N)=S. The third-order valence-corrected chi connectivity index (χ3v) is 1.62. The molecule has 0 spiro atoms. The molecule has 0 fully saturated rings. The lowest BCUT2D eigenvalue weighted by atomic mass is 10.1. The van der Waals surface area contributed by atoms with E-state index in [0.29, 0.717) is 4.99 Å². The van der Waals surface area contributed by atoms with E-state index in [1.54, 1.807) is 0 Å². The first-order valence-corrected chi connectivity index (χ1v) is 3.75. The Hall–Kier alpha value is -0.150. The fourth-order valence-corrected chi connectivity index (χ4v) is 0.695. The smallest absolute Gasteiger partial charge is 0.112 e. The highest BCUT2D eigenvalue weighted by atomic mass is 32.1. The molecule has 0 rings (SSSR count). The zero-order valence-corrected chi connectivity index (χ0v) is 7.79. The van der Waals surface area contributed by atoms with Gasteiger partial charge in [-0.15, -0.1) is 0 Å². The van der Waals surface area contributed by atoms with Gasteiger partial charge >= 0.3 is 0 Å².